The van der Waals surface area contributed by atoms with E-state index >= 15 is 0 Å². The van der Waals surface area contributed by atoms with Gasteiger partial charge in [-0.2, -0.15) is 4.31 Å². The lowest BCUT2D eigenvalue weighted by molar-refractivity contribution is -0.124. The molecule has 7 nitrogen and oxygen atoms in total. The van der Waals surface area contributed by atoms with Crippen LogP contribution in [0.1, 0.15) is 44.5 Å². The van der Waals surface area contributed by atoms with Crippen LogP contribution < -0.4 is 5.32 Å². The number of carbonyl (C=O) groups is 2. The van der Waals surface area contributed by atoms with Gasteiger partial charge in [-0.3, -0.25) is 4.79 Å². The maximum absolute atomic E-state index is 12.4. The molecule has 1 N–H and O–H groups in total. The molecule has 0 spiro atoms. The summed E-state index contributed by atoms with van der Waals surface area (Å²) in [6, 6.07) is 5.50. The van der Waals surface area contributed by atoms with Gasteiger partial charge in [-0.15, -0.1) is 0 Å². The predicted octanol–water partition coefficient (Wildman–Crippen LogP) is 1.79. The summed E-state index contributed by atoms with van der Waals surface area (Å²) in [5, 5.41) is 2.69. The van der Waals surface area contributed by atoms with Crippen molar-refractivity contribution in [3.8, 4) is 0 Å². The van der Waals surface area contributed by atoms with E-state index in [4.69, 9.17) is 4.74 Å². The molecule has 0 heterocycles. The second-order valence-electron chi connectivity index (χ2n) is 5.57. The normalized spacial score (nSPS) is 12.7. The van der Waals surface area contributed by atoms with Crippen LogP contribution in [0.3, 0.4) is 0 Å². The summed E-state index contributed by atoms with van der Waals surface area (Å²) in [6.07, 6.45) is 0.780. The molecule has 0 aliphatic carbocycles. The number of hydrogen-bond donors (Lipinski definition) is 1. The zero-order valence-electron chi connectivity index (χ0n) is 15.1. The molecule has 0 radical (unpaired) electrons. The van der Waals surface area contributed by atoms with E-state index in [9.17, 15) is 18.0 Å². The van der Waals surface area contributed by atoms with E-state index in [1.807, 2.05) is 13.8 Å². The number of benzene rings is 1. The van der Waals surface area contributed by atoms with E-state index in [1.54, 1.807) is 13.8 Å². The topological polar surface area (TPSA) is 92.8 Å². The highest BCUT2D eigenvalue weighted by Crippen LogP contribution is 2.16. The molecule has 0 fully saturated rings. The fourth-order valence-corrected chi connectivity index (χ4v) is 3.57. The standard InChI is InChI=1S/C17H26N2O5S/c1-5-13(4)18-16(20)12-24-17(21)14-8-10-15(11-9-14)25(22,23)19(6-2)7-3/h8-11,13H,5-7,12H2,1-4H3,(H,18,20)/t13-/m0/s1. The SMILES string of the molecule is CC[C@H](C)NC(=O)COC(=O)c1ccc(S(=O)(=O)N(CC)CC)cc1. The molecule has 0 aliphatic rings. The highest BCUT2D eigenvalue weighted by atomic mass is 32.2. The van der Waals surface area contributed by atoms with E-state index in [-0.39, 0.29) is 29.0 Å². The lowest BCUT2D eigenvalue weighted by Crippen LogP contribution is -2.35. The third-order valence-corrected chi connectivity index (χ3v) is 5.85. The predicted molar refractivity (Wildman–Crippen MR) is 94.7 cm³/mol. The molecule has 25 heavy (non-hydrogen) atoms. The monoisotopic (exact) mass is 370 g/mol. The van der Waals surface area contributed by atoms with Crippen LogP contribution in [0.4, 0.5) is 0 Å². The maximum Gasteiger partial charge on any atom is 0.338 e. The number of nitrogens with zero attached hydrogens (tertiary/aromatic N) is 1. The Morgan fingerprint density at radius 2 is 1.68 bits per heavy atom. The Bertz CT molecular complexity index is 681. The van der Waals surface area contributed by atoms with Crippen LogP contribution in [0.25, 0.3) is 0 Å². The molecule has 0 aliphatic heterocycles. The van der Waals surface area contributed by atoms with Gasteiger partial charge in [0.2, 0.25) is 10.0 Å². The number of nitrogens with one attached hydrogen (secondary N) is 1. The Morgan fingerprint density at radius 3 is 2.16 bits per heavy atom. The molecule has 0 saturated heterocycles. The molecular formula is C17H26N2O5S. The van der Waals surface area contributed by atoms with Crippen LogP contribution in [0.2, 0.25) is 0 Å². The Labute approximate surface area is 149 Å². The molecule has 0 saturated carbocycles. The van der Waals surface area contributed by atoms with Gasteiger partial charge >= 0.3 is 5.97 Å². The van der Waals surface area contributed by atoms with Crippen molar-refractivity contribution in [1.29, 1.82) is 0 Å². The van der Waals surface area contributed by atoms with E-state index in [0.717, 1.165) is 6.42 Å². The summed E-state index contributed by atoms with van der Waals surface area (Å²) in [6.45, 7) is 7.68. The lowest BCUT2D eigenvalue weighted by atomic mass is 10.2. The minimum Gasteiger partial charge on any atom is -0.452 e. The number of rotatable bonds is 9. The van der Waals surface area contributed by atoms with Crippen molar-refractivity contribution < 1.29 is 22.7 Å². The first-order valence-electron chi connectivity index (χ1n) is 8.32. The average Bonchev–Trinajstić information content (AvgIpc) is 2.60. The fourth-order valence-electron chi connectivity index (χ4n) is 2.11. The number of amides is 1. The number of sulfonamides is 1. The van der Waals surface area contributed by atoms with Crippen LogP contribution >= 0.6 is 0 Å². The molecule has 0 aromatic heterocycles. The second kappa shape index (κ2) is 9.53. The molecule has 1 atom stereocenters. The average molecular weight is 370 g/mol. The fraction of sp³-hybridized carbons (Fsp3) is 0.529. The molecule has 8 heteroatoms. The van der Waals surface area contributed by atoms with E-state index < -0.39 is 16.0 Å². The van der Waals surface area contributed by atoms with Crippen molar-refractivity contribution in [2.75, 3.05) is 19.7 Å². The van der Waals surface area contributed by atoms with Crippen LogP contribution in [-0.2, 0) is 19.6 Å². The van der Waals surface area contributed by atoms with Gasteiger partial charge in [0, 0.05) is 19.1 Å². The van der Waals surface area contributed by atoms with Gasteiger partial charge in [0.25, 0.3) is 5.91 Å². The van der Waals surface area contributed by atoms with Crippen LogP contribution in [-0.4, -0.2) is 50.3 Å². The van der Waals surface area contributed by atoms with Crippen molar-refractivity contribution in [3.05, 3.63) is 29.8 Å². The molecule has 1 amide bonds. The van der Waals surface area contributed by atoms with Gasteiger partial charge in [-0.25, -0.2) is 13.2 Å². The molecule has 0 unspecified atom stereocenters. The molecule has 1 aromatic carbocycles. The molecule has 1 rings (SSSR count). The molecule has 140 valence electrons. The zero-order valence-corrected chi connectivity index (χ0v) is 15.9. The Hall–Kier alpha value is -1.93. The summed E-state index contributed by atoms with van der Waals surface area (Å²) in [4.78, 5) is 23.7. The first kappa shape index (κ1) is 21.1. The molecule has 0 bridgehead atoms. The second-order valence-corrected chi connectivity index (χ2v) is 7.50. The summed E-state index contributed by atoms with van der Waals surface area (Å²) >= 11 is 0. The lowest BCUT2D eigenvalue weighted by Gasteiger charge is -2.18. The quantitative estimate of drug-likeness (QED) is 0.669. The Kier molecular flexibility index (Phi) is 8.05. The van der Waals surface area contributed by atoms with E-state index in [1.165, 1.54) is 28.6 Å². The number of hydrogen-bond acceptors (Lipinski definition) is 5. The van der Waals surface area contributed by atoms with Gasteiger partial charge in [0.05, 0.1) is 10.5 Å². The highest BCUT2D eigenvalue weighted by molar-refractivity contribution is 7.89. The minimum absolute atomic E-state index is 0.00997. The maximum atomic E-state index is 12.4. The van der Waals surface area contributed by atoms with Crippen molar-refractivity contribution in [1.82, 2.24) is 9.62 Å². The van der Waals surface area contributed by atoms with Crippen molar-refractivity contribution in [2.45, 2.75) is 45.1 Å². The van der Waals surface area contributed by atoms with Crippen LogP contribution in [0, 0.1) is 0 Å². The number of esters is 1. The summed E-state index contributed by atoms with van der Waals surface area (Å²) in [7, 11) is -3.57. The van der Waals surface area contributed by atoms with Gasteiger partial charge < -0.3 is 10.1 Å². The number of ether oxygens (including phenoxy) is 1. The van der Waals surface area contributed by atoms with Gasteiger partial charge in [-0.1, -0.05) is 20.8 Å². The third kappa shape index (κ3) is 5.82. The van der Waals surface area contributed by atoms with Crippen molar-refractivity contribution in [3.63, 3.8) is 0 Å². The molecule has 1 aromatic rings. The van der Waals surface area contributed by atoms with Gasteiger partial charge in [-0.05, 0) is 37.6 Å². The first-order chi connectivity index (χ1) is 11.8. The van der Waals surface area contributed by atoms with Crippen LogP contribution in [0.15, 0.2) is 29.2 Å². The largest absolute Gasteiger partial charge is 0.452 e. The van der Waals surface area contributed by atoms with E-state index in [2.05, 4.69) is 5.32 Å². The summed E-state index contributed by atoms with van der Waals surface area (Å²) < 4.78 is 31.0. The van der Waals surface area contributed by atoms with Gasteiger partial charge in [0.1, 0.15) is 0 Å². The van der Waals surface area contributed by atoms with Crippen molar-refractivity contribution >= 4 is 21.9 Å². The smallest absolute Gasteiger partial charge is 0.338 e. The summed E-state index contributed by atoms with van der Waals surface area (Å²) in [5.74, 6) is -1.05. The summed E-state index contributed by atoms with van der Waals surface area (Å²) in [5.41, 5.74) is 0.190. The Balaban J connectivity index is 2.73. The van der Waals surface area contributed by atoms with Crippen molar-refractivity contribution in [2.24, 2.45) is 0 Å². The third-order valence-electron chi connectivity index (χ3n) is 3.79. The Morgan fingerprint density at radius 1 is 1.12 bits per heavy atom. The van der Waals surface area contributed by atoms with Crippen LogP contribution in [0.5, 0.6) is 0 Å². The molecular weight excluding hydrogens is 344 g/mol. The highest BCUT2D eigenvalue weighted by Gasteiger charge is 2.22. The minimum atomic E-state index is -3.57. The zero-order chi connectivity index (χ0) is 19.0. The van der Waals surface area contributed by atoms with Gasteiger partial charge in [0.15, 0.2) is 6.61 Å². The number of carbonyl (C=O) groups excluding carboxylic acids is 2. The first-order valence-corrected chi connectivity index (χ1v) is 9.76. The van der Waals surface area contributed by atoms with E-state index in [0.29, 0.717) is 13.1 Å².